The Morgan fingerprint density at radius 2 is 0.857 bits per heavy atom. The van der Waals surface area contributed by atoms with E-state index in [1.54, 1.807) is 0 Å². The Hall–Kier alpha value is -2.28. The fraction of sp³-hybridized carbons (Fsp3) is 0.944. The molecule has 0 amide bonds. The maximum absolute atomic E-state index is 12.1. The zero-order chi connectivity index (χ0) is 59.0. The third-order valence-electron chi connectivity index (χ3n) is 23.0. The number of hydrogen-bond acceptors (Lipinski definition) is 12. The minimum absolute atomic E-state index is 0. The van der Waals surface area contributed by atoms with Crippen LogP contribution >= 0.6 is 0 Å². The molecule has 10 unspecified atom stereocenters. The van der Waals surface area contributed by atoms with Gasteiger partial charge in [0.25, 0.3) is 0 Å². The van der Waals surface area contributed by atoms with E-state index >= 15 is 0 Å². The average molecular weight is 1200 g/mol. The van der Waals surface area contributed by atoms with Crippen molar-refractivity contribution in [3.8, 4) is 0 Å². The van der Waals surface area contributed by atoms with Gasteiger partial charge in [0, 0.05) is 0 Å². The maximum atomic E-state index is 12.1. The van der Waals surface area contributed by atoms with E-state index in [4.69, 9.17) is 37.9 Å². The highest BCUT2D eigenvalue weighted by Crippen LogP contribution is 2.67. The molecule has 7 aliphatic carbocycles. The predicted octanol–water partition coefficient (Wildman–Crippen LogP) is 20.2. The summed E-state index contributed by atoms with van der Waals surface area (Å²) in [6.07, 6.45) is 22.2. The van der Waals surface area contributed by atoms with E-state index in [9.17, 15) is 19.2 Å². The molecular weight excluding hydrogens is 1060 g/mol. The third kappa shape index (κ3) is 20.4. The Labute approximate surface area is 520 Å². The van der Waals surface area contributed by atoms with E-state index in [1.807, 2.05) is 90.0 Å². The van der Waals surface area contributed by atoms with Gasteiger partial charge in [-0.3, -0.25) is 19.2 Å². The molecule has 7 aliphatic rings. The van der Waals surface area contributed by atoms with Gasteiger partial charge in [0.1, 0.15) is 0 Å². The molecule has 10 atom stereocenters. The molecule has 0 heterocycles. The summed E-state index contributed by atoms with van der Waals surface area (Å²) in [6, 6.07) is 0. The zero-order valence-corrected chi connectivity index (χ0v) is 53.9. The maximum Gasteiger partial charge on any atom is 0.313 e. The Morgan fingerprint density at radius 1 is 0.464 bits per heavy atom. The summed E-state index contributed by atoms with van der Waals surface area (Å²) >= 11 is 0. The minimum atomic E-state index is -0.458. The molecule has 502 valence electrons. The summed E-state index contributed by atoms with van der Waals surface area (Å²) in [5.41, 5.74) is 0.0341. The lowest BCUT2D eigenvalue weighted by Crippen LogP contribution is -2.40. The van der Waals surface area contributed by atoms with Crippen LogP contribution in [0, 0.1) is 77.8 Å². The second kappa shape index (κ2) is 34.1. The van der Waals surface area contributed by atoms with E-state index in [0.717, 1.165) is 68.8 Å². The topological polar surface area (TPSA) is 142 Å². The molecule has 0 N–H and O–H groups in total. The monoisotopic (exact) mass is 1200 g/mol. The summed E-state index contributed by atoms with van der Waals surface area (Å²) < 4.78 is 44.5. The quantitative estimate of drug-likeness (QED) is 0.0441. The molecule has 0 aromatic heterocycles. The first-order chi connectivity index (χ1) is 36.0. The summed E-state index contributed by atoms with van der Waals surface area (Å²) in [5, 5.41) is 0. The molecule has 12 heteroatoms. The Kier molecular flexibility index (Phi) is 34.8. The van der Waals surface area contributed by atoms with Gasteiger partial charge < -0.3 is 37.9 Å². The van der Waals surface area contributed by atoms with Crippen molar-refractivity contribution in [1.29, 1.82) is 0 Å². The lowest BCUT2D eigenvalue weighted by atomic mass is 9.70. The van der Waals surface area contributed by atoms with Gasteiger partial charge in [-0.15, -0.1) is 0 Å². The summed E-state index contributed by atoms with van der Waals surface area (Å²) in [6.45, 7) is 45.6. The van der Waals surface area contributed by atoms with Crippen LogP contribution < -0.4 is 0 Å². The molecule has 0 aromatic rings. The third-order valence-corrected chi connectivity index (χ3v) is 23.0. The molecule has 7 saturated carbocycles. The SMILES string of the molecule is C.C.C.C.C.C.CCC(C)(C)C(=O)OC(C)OC1CC2CCC1(C)C2(C)C.CCC(C)(C)C(=O)OCOC1CC2CCC1(C)C2(C)C.CCC(C)(C)C(=O)OCOCC1(C)CC2CCC1C2.CCC(C)(C)C(=O)OCOCC1(C)CCCCC1. The largest absolute Gasteiger partial charge is 0.438 e. The van der Waals surface area contributed by atoms with E-state index in [2.05, 4.69) is 55.4 Å². The van der Waals surface area contributed by atoms with E-state index in [0.29, 0.717) is 22.9 Å². The first kappa shape index (κ1) is 85.9. The van der Waals surface area contributed by atoms with Crippen LogP contribution in [0.2, 0.25) is 0 Å². The average Bonchev–Trinajstić information content (AvgIpc) is 3.56. The molecule has 7 rings (SSSR count). The molecule has 6 bridgehead atoms. The van der Waals surface area contributed by atoms with Crippen LogP contribution in [0.4, 0.5) is 0 Å². The van der Waals surface area contributed by atoms with E-state index < -0.39 is 27.9 Å². The van der Waals surface area contributed by atoms with Crippen LogP contribution in [0.15, 0.2) is 0 Å². The van der Waals surface area contributed by atoms with Crippen LogP contribution in [-0.4, -0.2) is 76.0 Å². The molecule has 84 heavy (non-hydrogen) atoms. The van der Waals surface area contributed by atoms with Gasteiger partial charge in [-0.05, 0) is 215 Å². The molecule has 0 aliphatic heterocycles. The smallest absolute Gasteiger partial charge is 0.313 e. The van der Waals surface area contributed by atoms with Gasteiger partial charge in [-0.1, -0.05) is 153 Å². The zero-order valence-electron chi connectivity index (χ0n) is 53.9. The lowest BCUT2D eigenvalue weighted by Gasteiger charge is -2.39. The first-order valence-corrected chi connectivity index (χ1v) is 31.1. The standard InChI is InChI=1S/C18H32O3.C17H30O3.C16H28O3.C15H28O3.6CH4/c1-8-16(3,4)15(19)21-12(2)20-14-11-13-9-10-18(14,7)17(13,5)6;1-7-15(2,3)14(18)20-11-19-13-10-12-8-9-17(13,6)16(12,4)5;1-5-15(2,3)14(17)19-11-18-10-16(4)9-12-6-7-13(16)8-12;1-5-14(2,3)13(16)18-12-17-11-15(4)9-7-6-8-10-15;;;;;;/h12-14H,8-11H2,1-7H3;12-13H,7-11H2,1-6H3;12-13H,5-11H2,1-4H3;5-12H2,1-4H3;6*1H4. The van der Waals surface area contributed by atoms with Crippen molar-refractivity contribution in [3.63, 3.8) is 0 Å². The Balaban J connectivity index is -0.00000102. The Morgan fingerprint density at radius 3 is 1.21 bits per heavy atom. The number of ether oxygens (including phenoxy) is 8. The molecule has 0 radical (unpaired) electrons. The highest BCUT2D eigenvalue weighted by Gasteiger charge is 2.63. The molecule has 0 aromatic carbocycles. The second-order valence-corrected chi connectivity index (χ2v) is 30.4. The van der Waals surface area contributed by atoms with Crippen LogP contribution in [0.3, 0.4) is 0 Å². The molecule has 0 saturated heterocycles. The Bertz CT molecular complexity index is 1950. The lowest BCUT2D eigenvalue weighted by molar-refractivity contribution is -0.206. The van der Waals surface area contributed by atoms with E-state index in [-0.39, 0.29) is 117 Å². The number of carbonyl (C=O) groups excluding carboxylic acids is 4. The van der Waals surface area contributed by atoms with Gasteiger partial charge >= 0.3 is 23.9 Å². The minimum Gasteiger partial charge on any atom is -0.438 e. The van der Waals surface area contributed by atoms with Crippen LogP contribution in [0.5, 0.6) is 0 Å². The molecule has 0 spiro atoms. The van der Waals surface area contributed by atoms with Crippen LogP contribution in [-0.2, 0) is 57.1 Å². The number of esters is 4. The van der Waals surface area contributed by atoms with Crippen molar-refractivity contribution in [2.24, 2.45) is 77.8 Å². The van der Waals surface area contributed by atoms with Crippen molar-refractivity contribution in [1.82, 2.24) is 0 Å². The number of fused-ring (bicyclic) bond motifs is 6. The summed E-state index contributed by atoms with van der Waals surface area (Å²) in [5.74, 6) is 2.58. The summed E-state index contributed by atoms with van der Waals surface area (Å²) in [7, 11) is 0. The molecule has 12 nitrogen and oxygen atoms in total. The number of rotatable bonds is 22. The highest BCUT2D eigenvalue weighted by molar-refractivity contribution is 5.77. The number of hydrogen-bond donors (Lipinski definition) is 0. The van der Waals surface area contributed by atoms with Crippen LogP contribution in [0.25, 0.3) is 0 Å². The first-order valence-electron chi connectivity index (χ1n) is 31.1. The molecule has 7 fully saturated rings. The van der Waals surface area contributed by atoms with Crippen molar-refractivity contribution >= 4 is 23.9 Å². The van der Waals surface area contributed by atoms with Crippen molar-refractivity contribution in [2.45, 2.75) is 330 Å². The summed E-state index contributed by atoms with van der Waals surface area (Å²) in [4.78, 5) is 47.6. The fourth-order valence-electron chi connectivity index (χ4n) is 13.8. The van der Waals surface area contributed by atoms with Crippen molar-refractivity contribution in [2.75, 3.05) is 33.6 Å². The van der Waals surface area contributed by atoms with Gasteiger partial charge in [-0.25, -0.2) is 0 Å². The van der Waals surface area contributed by atoms with Gasteiger partial charge in [0.05, 0.1) is 47.1 Å². The molecular formula is C72H142O12. The normalized spacial score (nSPS) is 29.2. The van der Waals surface area contributed by atoms with E-state index in [1.165, 1.54) is 83.5 Å². The fourth-order valence-corrected chi connectivity index (χ4v) is 13.8. The van der Waals surface area contributed by atoms with Gasteiger partial charge in [-0.2, -0.15) is 0 Å². The predicted molar refractivity (Wildman–Crippen MR) is 350 cm³/mol. The van der Waals surface area contributed by atoms with Crippen molar-refractivity contribution in [3.05, 3.63) is 0 Å². The van der Waals surface area contributed by atoms with Gasteiger partial charge in [0.2, 0.25) is 0 Å². The highest BCUT2D eigenvalue weighted by atomic mass is 16.7. The van der Waals surface area contributed by atoms with Gasteiger partial charge in [0.15, 0.2) is 26.7 Å². The number of carbonyl (C=O) groups is 4. The van der Waals surface area contributed by atoms with Crippen molar-refractivity contribution < 1.29 is 57.1 Å². The second-order valence-electron chi connectivity index (χ2n) is 30.4. The van der Waals surface area contributed by atoms with Crippen LogP contribution in [0.1, 0.15) is 312 Å².